The average molecular weight is 422 g/mol. The molecule has 2 aromatic heterocycles. The minimum Gasteiger partial charge on any atom is -0.354 e. The van der Waals surface area contributed by atoms with E-state index in [2.05, 4.69) is 83.8 Å². The van der Waals surface area contributed by atoms with Crippen LogP contribution in [0.15, 0.2) is 109 Å². The number of hydrogen-bond acceptors (Lipinski definition) is 2. The van der Waals surface area contributed by atoms with E-state index in [9.17, 15) is 5.26 Å². The van der Waals surface area contributed by atoms with Crippen molar-refractivity contribution in [1.29, 1.82) is 5.26 Å². The molecule has 0 aliphatic heterocycles. The summed E-state index contributed by atoms with van der Waals surface area (Å²) in [6, 6.07) is 39.1. The Balaban J connectivity index is 1.69. The highest BCUT2D eigenvalue weighted by molar-refractivity contribution is 6.10. The summed E-state index contributed by atoms with van der Waals surface area (Å²) >= 11 is 0. The molecule has 4 aromatic carbocycles. The number of nitrogens with one attached hydrogen (secondary N) is 1. The number of nitrogens with zero attached hydrogens (tertiary/aromatic N) is 2. The fourth-order valence-corrected chi connectivity index (χ4v) is 4.49. The first-order valence-electron chi connectivity index (χ1n) is 10.9. The van der Waals surface area contributed by atoms with Crippen LogP contribution < -0.4 is 0 Å². The van der Waals surface area contributed by atoms with Crippen molar-refractivity contribution >= 4 is 21.8 Å². The van der Waals surface area contributed by atoms with Gasteiger partial charge in [-0.2, -0.15) is 5.26 Å². The molecule has 154 valence electrons. The van der Waals surface area contributed by atoms with Gasteiger partial charge in [0.25, 0.3) is 0 Å². The number of fused-ring (bicyclic) bond motifs is 2. The summed E-state index contributed by atoms with van der Waals surface area (Å²) in [5.41, 5.74) is 9.11. The van der Waals surface area contributed by atoms with Crippen molar-refractivity contribution in [3.05, 3.63) is 115 Å². The molecular formula is C30H19N3. The van der Waals surface area contributed by atoms with Crippen LogP contribution in [0.3, 0.4) is 0 Å². The Bertz CT molecular complexity index is 1650. The van der Waals surface area contributed by atoms with Crippen molar-refractivity contribution in [1.82, 2.24) is 9.97 Å². The second-order valence-electron chi connectivity index (χ2n) is 8.05. The zero-order valence-electron chi connectivity index (χ0n) is 17.8. The van der Waals surface area contributed by atoms with Gasteiger partial charge in [-0.05, 0) is 41.5 Å². The highest BCUT2D eigenvalue weighted by Crippen LogP contribution is 2.42. The molecule has 6 aromatic rings. The fraction of sp³-hybridized carbons (Fsp3) is 0. The lowest BCUT2D eigenvalue weighted by Crippen LogP contribution is -1.91. The van der Waals surface area contributed by atoms with Gasteiger partial charge in [0.1, 0.15) is 0 Å². The first kappa shape index (κ1) is 19.0. The van der Waals surface area contributed by atoms with Gasteiger partial charge in [-0.15, -0.1) is 0 Å². The van der Waals surface area contributed by atoms with Gasteiger partial charge in [-0.1, -0.05) is 78.9 Å². The van der Waals surface area contributed by atoms with E-state index in [1.54, 1.807) is 0 Å². The lowest BCUT2D eigenvalue weighted by Gasteiger charge is -2.12. The zero-order valence-corrected chi connectivity index (χ0v) is 17.8. The molecule has 3 heteroatoms. The quantitative estimate of drug-likeness (QED) is 0.320. The normalized spacial score (nSPS) is 11.0. The van der Waals surface area contributed by atoms with E-state index in [4.69, 9.17) is 4.98 Å². The molecule has 1 N–H and O–H groups in total. The van der Waals surface area contributed by atoms with Gasteiger partial charge >= 0.3 is 0 Å². The van der Waals surface area contributed by atoms with E-state index < -0.39 is 0 Å². The molecular weight excluding hydrogens is 402 g/mol. The molecule has 0 spiro atoms. The highest BCUT2D eigenvalue weighted by Gasteiger charge is 2.18. The Morgan fingerprint density at radius 2 is 1.36 bits per heavy atom. The molecule has 0 unspecified atom stereocenters. The predicted octanol–water partition coefficient (Wildman–Crippen LogP) is 7.59. The molecule has 0 bridgehead atoms. The maximum atomic E-state index is 9.18. The molecule has 0 saturated heterocycles. The second-order valence-corrected chi connectivity index (χ2v) is 8.05. The van der Waals surface area contributed by atoms with E-state index in [-0.39, 0.29) is 0 Å². The van der Waals surface area contributed by atoms with Gasteiger partial charge in [0.05, 0.1) is 28.5 Å². The lowest BCUT2D eigenvalue weighted by molar-refractivity contribution is 1.39. The Hall–Kier alpha value is -4.68. The standard InChI is InChI=1S/C30H19N3/c31-19-20-14-16-21(17-15-20)28-18-25(23-10-4-6-12-26(23)32-28)29-24-11-5-7-13-27(24)33-30(29)22-8-2-1-3-9-22/h1-18,33H. The molecule has 0 radical (unpaired) electrons. The molecule has 33 heavy (non-hydrogen) atoms. The third-order valence-electron chi connectivity index (χ3n) is 6.06. The van der Waals surface area contributed by atoms with E-state index >= 15 is 0 Å². The smallest absolute Gasteiger partial charge is 0.0991 e. The summed E-state index contributed by atoms with van der Waals surface area (Å²) in [6.45, 7) is 0. The van der Waals surface area contributed by atoms with Gasteiger partial charge in [-0.3, -0.25) is 0 Å². The maximum absolute atomic E-state index is 9.18. The van der Waals surface area contributed by atoms with Crippen LogP contribution in [-0.4, -0.2) is 9.97 Å². The molecule has 0 aliphatic carbocycles. The second kappa shape index (κ2) is 7.78. The number of aromatic amines is 1. The summed E-state index contributed by atoms with van der Waals surface area (Å²) in [6.07, 6.45) is 0. The van der Waals surface area contributed by atoms with Crippen LogP contribution in [0.1, 0.15) is 5.56 Å². The number of pyridine rings is 1. The molecule has 0 saturated carbocycles. The van der Waals surface area contributed by atoms with E-state index in [0.29, 0.717) is 5.56 Å². The molecule has 6 rings (SSSR count). The maximum Gasteiger partial charge on any atom is 0.0991 e. The summed E-state index contributed by atoms with van der Waals surface area (Å²) < 4.78 is 0. The monoisotopic (exact) mass is 421 g/mol. The molecule has 0 fully saturated rings. The number of rotatable bonds is 3. The van der Waals surface area contributed by atoms with Gasteiger partial charge in [0.15, 0.2) is 0 Å². The molecule has 3 nitrogen and oxygen atoms in total. The Morgan fingerprint density at radius 1 is 0.667 bits per heavy atom. The summed E-state index contributed by atoms with van der Waals surface area (Å²) in [7, 11) is 0. The van der Waals surface area contributed by atoms with Crippen molar-refractivity contribution in [3.8, 4) is 39.7 Å². The highest BCUT2D eigenvalue weighted by atomic mass is 14.7. The largest absolute Gasteiger partial charge is 0.354 e. The predicted molar refractivity (Wildman–Crippen MR) is 135 cm³/mol. The SMILES string of the molecule is N#Cc1ccc(-c2cc(-c3c(-c4ccccc4)[nH]c4ccccc34)c3ccccc3n2)cc1. The van der Waals surface area contributed by atoms with Crippen LogP contribution in [0, 0.1) is 11.3 Å². The van der Waals surface area contributed by atoms with E-state index in [1.807, 2.05) is 36.4 Å². The first-order chi connectivity index (χ1) is 16.3. The Kier molecular flexibility index (Phi) is 4.49. The lowest BCUT2D eigenvalue weighted by atomic mass is 9.94. The molecule has 0 aliphatic rings. The van der Waals surface area contributed by atoms with Crippen LogP contribution in [0.4, 0.5) is 0 Å². The zero-order chi connectivity index (χ0) is 22.2. The number of benzene rings is 4. The topological polar surface area (TPSA) is 52.5 Å². The van der Waals surface area contributed by atoms with Gasteiger partial charge in [0.2, 0.25) is 0 Å². The van der Waals surface area contributed by atoms with Gasteiger partial charge < -0.3 is 4.98 Å². The fourth-order valence-electron chi connectivity index (χ4n) is 4.49. The molecule has 2 heterocycles. The van der Waals surface area contributed by atoms with Crippen molar-refractivity contribution < 1.29 is 0 Å². The summed E-state index contributed by atoms with van der Waals surface area (Å²) in [5.74, 6) is 0. The molecule has 0 amide bonds. The summed E-state index contributed by atoms with van der Waals surface area (Å²) in [4.78, 5) is 8.62. The number of H-pyrrole nitrogens is 1. The van der Waals surface area contributed by atoms with Crippen LogP contribution >= 0.6 is 0 Å². The minimum absolute atomic E-state index is 0.641. The number of aromatic nitrogens is 2. The molecule has 0 atom stereocenters. The number of nitriles is 1. The average Bonchev–Trinajstić information content (AvgIpc) is 3.28. The van der Waals surface area contributed by atoms with Gasteiger partial charge in [-0.25, -0.2) is 4.98 Å². The van der Waals surface area contributed by atoms with Crippen molar-refractivity contribution in [2.45, 2.75) is 0 Å². The van der Waals surface area contributed by atoms with E-state index in [0.717, 1.165) is 44.5 Å². The van der Waals surface area contributed by atoms with Crippen LogP contribution in [0.2, 0.25) is 0 Å². The number of hydrogen-bond donors (Lipinski definition) is 1. The Labute approximate surface area is 191 Å². The van der Waals surface area contributed by atoms with Crippen molar-refractivity contribution in [2.24, 2.45) is 0 Å². The van der Waals surface area contributed by atoms with Crippen molar-refractivity contribution in [2.75, 3.05) is 0 Å². The number of para-hydroxylation sites is 2. The van der Waals surface area contributed by atoms with Crippen LogP contribution in [-0.2, 0) is 0 Å². The van der Waals surface area contributed by atoms with Crippen molar-refractivity contribution in [3.63, 3.8) is 0 Å². The third kappa shape index (κ3) is 3.26. The first-order valence-corrected chi connectivity index (χ1v) is 10.9. The Morgan fingerprint density at radius 3 is 2.15 bits per heavy atom. The van der Waals surface area contributed by atoms with Crippen LogP contribution in [0.25, 0.3) is 55.4 Å². The third-order valence-corrected chi connectivity index (χ3v) is 6.06. The van der Waals surface area contributed by atoms with Crippen LogP contribution in [0.5, 0.6) is 0 Å². The van der Waals surface area contributed by atoms with Gasteiger partial charge in [0, 0.05) is 27.4 Å². The van der Waals surface area contributed by atoms with E-state index in [1.165, 1.54) is 10.9 Å². The minimum atomic E-state index is 0.641. The summed E-state index contributed by atoms with van der Waals surface area (Å²) in [5, 5.41) is 11.5.